The van der Waals surface area contributed by atoms with Crippen molar-refractivity contribution in [3.63, 3.8) is 0 Å². The van der Waals surface area contributed by atoms with Crippen molar-refractivity contribution < 1.29 is 4.42 Å². The SMILES string of the molecule is CCCNCc1csc(-c2occc2Br)n1. The molecule has 2 heterocycles. The van der Waals surface area contributed by atoms with Gasteiger partial charge >= 0.3 is 0 Å². The molecule has 0 aliphatic rings. The summed E-state index contributed by atoms with van der Waals surface area (Å²) in [6, 6.07) is 1.88. The number of thiazole rings is 1. The lowest BCUT2D eigenvalue weighted by Crippen LogP contribution is -2.13. The van der Waals surface area contributed by atoms with Crippen LogP contribution in [-0.4, -0.2) is 11.5 Å². The predicted octanol–water partition coefficient (Wildman–Crippen LogP) is 3.67. The molecule has 86 valence electrons. The first-order chi connectivity index (χ1) is 7.81. The van der Waals surface area contributed by atoms with Gasteiger partial charge in [-0.2, -0.15) is 0 Å². The molecule has 0 unspecified atom stereocenters. The Bertz CT molecular complexity index is 452. The third kappa shape index (κ3) is 2.72. The third-order valence-electron chi connectivity index (χ3n) is 2.10. The van der Waals surface area contributed by atoms with Crippen molar-refractivity contribution in [2.24, 2.45) is 0 Å². The Balaban J connectivity index is 2.05. The Hall–Kier alpha value is -0.650. The summed E-state index contributed by atoms with van der Waals surface area (Å²) in [4.78, 5) is 4.52. The molecule has 2 rings (SSSR count). The molecule has 0 bridgehead atoms. The highest BCUT2D eigenvalue weighted by atomic mass is 79.9. The summed E-state index contributed by atoms with van der Waals surface area (Å²) in [5.41, 5.74) is 1.07. The molecule has 1 N–H and O–H groups in total. The van der Waals surface area contributed by atoms with Gasteiger partial charge in [0.25, 0.3) is 0 Å². The minimum Gasteiger partial charge on any atom is -0.461 e. The number of hydrogen-bond acceptors (Lipinski definition) is 4. The van der Waals surface area contributed by atoms with Crippen LogP contribution in [0.5, 0.6) is 0 Å². The Labute approximate surface area is 107 Å². The standard InChI is InChI=1S/C11H13BrN2OS/c1-2-4-13-6-8-7-16-11(14-8)10-9(12)3-5-15-10/h3,5,7,13H,2,4,6H2,1H3. The summed E-state index contributed by atoms with van der Waals surface area (Å²) in [5.74, 6) is 0.812. The molecular weight excluding hydrogens is 288 g/mol. The van der Waals surface area contributed by atoms with Crippen LogP contribution in [0.2, 0.25) is 0 Å². The quantitative estimate of drug-likeness (QED) is 0.856. The van der Waals surface area contributed by atoms with E-state index in [1.807, 2.05) is 6.07 Å². The van der Waals surface area contributed by atoms with Gasteiger partial charge in [0.05, 0.1) is 16.4 Å². The van der Waals surface area contributed by atoms with Crippen molar-refractivity contribution in [1.29, 1.82) is 0 Å². The minimum atomic E-state index is 0.812. The molecule has 0 saturated heterocycles. The molecular formula is C11H13BrN2OS. The maximum atomic E-state index is 5.37. The summed E-state index contributed by atoms with van der Waals surface area (Å²) in [7, 11) is 0. The fraction of sp³-hybridized carbons (Fsp3) is 0.364. The van der Waals surface area contributed by atoms with Gasteiger partial charge in [0.2, 0.25) is 0 Å². The van der Waals surface area contributed by atoms with E-state index in [0.29, 0.717) is 0 Å². The second-order valence-electron chi connectivity index (χ2n) is 3.42. The number of nitrogens with one attached hydrogen (secondary N) is 1. The van der Waals surface area contributed by atoms with Crippen LogP contribution in [0.1, 0.15) is 19.0 Å². The molecule has 0 fully saturated rings. The van der Waals surface area contributed by atoms with Crippen molar-refractivity contribution in [3.05, 3.63) is 27.9 Å². The molecule has 0 aliphatic carbocycles. The summed E-state index contributed by atoms with van der Waals surface area (Å²) in [5, 5.41) is 6.31. The molecule has 3 nitrogen and oxygen atoms in total. The van der Waals surface area contributed by atoms with Crippen LogP contribution in [0.4, 0.5) is 0 Å². The van der Waals surface area contributed by atoms with Crippen molar-refractivity contribution in [3.8, 4) is 10.8 Å². The van der Waals surface area contributed by atoms with E-state index in [-0.39, 0.29) is 0 Å². The lowest BCUT2D eigenvalue weighted by Gasteiger charge is -1.98. The molecule has 2 aromatic heterocycles. The van der Waals surface area contributed by atoms with Crippen LogP contribution in [0.3, 0.4) is 0 Å². The van der Waals surface area contributed by atoms with Crippen molar-refractivity contribution in [2.75, 3.05) is 6.54 Å². The van der Waals surface area contributed by atoms with Crippen molar-refractivity contribution in [2.45, 2.75) is 19.9 Å². The van der Waals surface area contributed by atoms with Gasteiger partial charge in [-0.1, -0.05) is 6.92 Å². The fourth-order valence-corrected chi connectivity index (χ4v) is 2.67. The molecule has 5 heteroatoms. The van der Waals surface area contributed by atoms with Crippen LogP contribution in [0.25, 0.3) is 10.8 Å². The van der Waals surface area contributed by atoms with Crippen molar-refractivity contribution >= 4 is 27.3 Å². The largest absolute Gasteiger partial charge is 0.461 e. The van der Waals surface area contributed by atoms with E-state index in [4.69, 9.17) is 4.42 Å². The van der Waals surface area contributed by atoms with Gasteiger partial charge in [-0.3, -0.25) is 0 Å². The first-order valence-electron chi connectivity index (χ1n) is 5.19. The average Bonchev–Trinajstić information content (AvgIpc) is 2.87. The zero-order valence-electron chi connectivity index (χ0n) is 9.00. The molecule has 0 spiro atoms. The summed E-state index contributed by atoms with van der Waals surface area (Å²) >= 11 is 5.04. The summed E-state index contributed by atoms with van der Waals surface area (Å²) in [6.07, 6.45) is 2.80. The monoisotopic (exact) mass is 300 g/mol. The van der Waals surface area contributed by atoms with E-state index in [2.05, 4.69) is 38.5 Å². The highest BCUT2D eigenvalue weighted by Crippen LogP contribution is 2.31. The summed E-state index contributed by atoms with van der Waals surface area (Å²) < 4.78 is 6.32. The van der Waals surface area contributed by atoms with Gasteiger partial charge < -0.3 is 9.73 Å². The van der Waals surface area contributed by atoms with E-state index < -0.39 is 0 Å². The molecule has 0 radical (unpaired) electrons. The Morgan fingerprint density at radius 2 is 2.44 bits per heavy atom. The molecule has 0 atom stereocenters. The number of nitrogens with zero attached hydrogens (tertiary/aromatic N) is 1. The minimum absolute atomic E-state index is 0.812. The Morgan fingerprint density at radius 3 is 3.12 bits per heavy atom. The van der Waals surface area contributed by atoms with E-state index in [0.717, 1.165) is 40.4 Å². The first kappa shape index (κ1) is 11.8. The number of furan rings is 1. The van der Waals surface area contributed by atoms with Gasteiger partial charge in [-0.15, -0.1) is 11.3 Å². The van der Waals surface area contributed by atoms with Crippen LogP contribution < -0.4 is 5.32 Å². The maximum Gasteiger partial charge on any atom is 0.176 e. The zero-order chi connectivity index (χ0) is 11.4. The van der Waals surface area contributed by atoms with Crippen LogP contribution in [-0.2, 0) is 6.54 Å². The van der Waals surface area contributed by atoms with Gasteiger partial charge in [-0.25, -0.2) is 4.98 Å². The van der Waals surface area contributed by atoms with E-state index in [1.165, 1.54) is 0 Å². The number of halogens is 1. The second kappa shape index (κ2) is 5.61. The lowest BCUT2D eigenvalue weighted by molar-refractivity contribution is 0.580. The fourth-order valence-electron chi connectivity index (χ4n) is 1.33. The highest BCUT2D eigenvalue weighted by Gasteiger charge is 2.10. The Kier molecular flexibility index (Phi) is 4.15. The van der Waals surface area contributed by atoms with Crippen LogP contribution in [0.15, 0.2) is 26.6 Å². The first-order valence-corrected chi connectivity index (χ1v) is 6.87. The van der Waals surface area contributed by atoms with Gasteiger partial charge in [0.1, 0.15) is 0 Å². The molecule has 0 aromatic carbocycles. The Morgan fingerprint density at radius 1 is 1.56 bits per heavy atom. The lowest BCUT2D eigenvalue weighted by atomic mass is 10.4. The molecule has 16 heavy (non-hydrogen) atoms. The maximum absolute atomic E-state index is 5.37. The van der Waals surface area contributed by atoms with E-state index in [9.17, 15) is 0 Å². The molecule has 2 aromatic rings. The number of rotatable bonds is 5. The zero-order valence-corrected chi connectivity index (χ0v) is 11.4. The topological polar surface area (TPSA) is 38.1 Å². The van der Waals surface area contributed by atoms with E-state index >= 15 is 0 Å². The normalized spacial score (nSPS) is 10.9. The number of aromatic nitrogens is 1. The van der Waals surface area contributed by atoms with Gasteiger partial charge in [0, 0.05) is 11.9 Å². The van der Waals surface area contributed by atoms with Crippen molar-refractivity contribution in [1.82, 2.24) is 10.3 Å². The average molecular weight is 301 g/mol. The van der Waals surface area contributed by atoms with E-state index in [1.54, 1.807) is 17.6 Å². The second-order valence-corrected chi connectivity index (χ2v) is 5.13. The van der Waals surface area contributed by atoms with Crippen LogP contribution >= 0.6 is 27.3 Å². The smallest absolute Gasteiger partial charge is 0.176 e. The van der Waals surface area contributed by atoms with Gasteiger partial charge in [0.15, 0.2) is 10.8 Å². The predicted molar refractivity (Wildman–Crippen MR) is 69.5 cm³/mol. The van der Waals surface area contributed by atoms with Gasteiger partial charge in [-0.05, 0) is 35.0 Å². The summed E-state index contributed by atoms with van der Waals surface area (Å²) in [6.45, 7) is 4.00. The number of hydrogen-bond donors (Lipinski definition) is 1. The molecule has 0 aliphatic heterocycles. The van der Waals surface area contributed by atoms with Crippen LogP contribution in [0, 0.1) is 0 Å². The molecule has 0 amide bonds. The highest BCUT2D eigenvalue weighted by molar-refractivity contribution is 9.10. The molecule has 0 saturated carbocycles. The third-order valence-corrected chi connectivity index (χ3v) is 3.61.